The molecule has 0 aliphatic heterocycles. The lowest BCUT2D eigenvalue weighted by Gasteiger charge is -2.26. The van der Waals surface area contributed by atoms with Crippen LogP contribution in [0, 0.1) is 0 Å². The van der Waals surface area contributed by atoms with E-state index in [-0.39, 0.29) is 5.16 Å². The molecule has 0 aliphatic rings. The molecule has 1 atom stereocenters. The maximum atomic E-state index is 5.88. The van der Waals surface area contributed by atoms with Gasteiger partial charge < -0.3 is 14.6 Å². The van der Waals surface area contributed by atoms with Crippen LogP contribution in [0.3, 0.4) is 0 Å². The van der Waals surface area contributed by atoms with Gasteiger partial charge in [-0.3, -0.25) is 0 Å². The molecule has 0 spiro atoms. The summed E-state index contributed by atoms with van der Waals surface area (Å²) in [5.74, 6) is 0. The van der Waals surface area contributed by atoms with E-state index in [0.717, 1.165) is 6.42 Å². The van der Waals surface area contributed by atoms with Crippen molar-refractivity contribution in [1.29, 1.82) is 0 Å². The van der Waals surface area contributed by atoms with Crippen LogP contribution in [0.5, 0.6) is 0 Å². The molecule has 0 aliphatic carbocycles. The van der Waals surface area contributed by atoms with Gasteiger partial charge in [-0.2, -0.15) is 0 Å². The molecule has 0 saturated carbocycles. The lowest BCUT2D eigenvalue weighted by molar-refractivity contribution is 0.244. The minimum absolute atomic E-state index is 0.284. The maximum Gasteiger partial charge on any atom is 0.405 e. The highest BCUT2D eigenvalue weighted by atomic mass is 28.3. The van der Waals surface area contributed by atoms with Gasteiger partial charge in [0.15, 0.2) is 0 Å². The standard InChI is InChI=1S/C6H16NO2Si/c1-5-6(2,7)10(8-3)9-4/h5,7H2,1-4H3. The fourth-order valence-corrected chi connectivity index (χ4v) is 2.08. The molecule has 61 valence electrons. The number of rotatable bonds is 4. The molecule has 1 unspecified atom stereocenters. The Morgan fingerprint density at radius 2 is 1.80 bits per heavy atom. The summed E-state index contributed by atoms with van der Waals surface area (Å²) in [6.07, 6.45) is 0.878. The molecule has 0 aromatic heterocycles. The molecule has 1 radical (unpaired) electrons. The molecular weight excluding hydrogens is 146 g/mol. The zero-order chi connectivity index (χ0) is 8.20. The van der Waals surface area contributed by atoms with Gasteiger partial charge in [0.1, 0.15) is 0 Å². The predicted octanol–water partition coefficient (Wildman–Crippen LogP) is 0.434. The third kappa shape index (κ3) is 2.38. The minimum Gasteiger partial charge on any atom is -0.396 e. The summed E-state index contributed by atoms with van der Waals surface area (Å²) in [5.41, 5.74) is 5.88. The monoisotopic (exact) mass is 162 g/mol. The molecule has 0 bridgehead atoms. The lowest BCUT2D eigenvalue weighted by Crippen LogP contribution is -2.53. The maximum absolute atomic E-state index is 5.88. The number of hydrogen-bond acceptors (Lipinski definition) is 3. The van der Waals surface area contributed by atoms with Crippen LogP contribution >= 0.6 is 0 Å². The van der Waals surface area contributed by atoms with E-state index < -0.39 is 9.28 Å². The Kier molecular flexibility index (Phi) is 4.11. The van der Waals surface area contributed by atoms with Gasteiger partial charge in [-0.15, -0.1) is 0 Å². The minimum atomic E-state index is -1.27. The molecule has 0 fully saturated rings. The van der Waals surface area contributed by atoms with E-state index in [1.165, 1.54) is 0 Å². The van der Waals surface area contributed by atoms with Crippen molar-refractivity contribution in [2.75, 3.05) is 14.2 Å². The molecular formula is C6H16NO2Si. The van der Waals surface area contributed by atoms with Crippen LogP contribution in [0.1, 0.15) is 20.3 Å². The summed E-state index contributed by atoms with van der Waals surface area (Å²) in [7, 11) is 2.00. The first kappa shape index (κ1) is 10.1. The highest BCUT2D eigenvalue weighted by Crippen LogP contribution is 2.10. The van der Waals surface area contributed by atoms with Gasteiger partial charge in [-0.1, -0.05) is 6.92 Å². The van der Waals surface area contributed by atoms with E-state index in [2.05, 4.69) is 0 Å². The van der Waals surface area contributed by atoms with Crippen LogP contribution < -0.4 is 5.73 Å². The largest absolute Gasteiger partial charge is 0.405 e. The quantitative estimate of drug-likeness (QED) is 0.610. The lowest BCUT2D eigenvalue weighted by atomic mass is 10.3. The van der Waals surface area contributed by atoms with E-state index in [1.807, 2.05) is 13.8 Å². The Hall–Kier alpha value is 0.0969. The van der Waals surface area contributed by atoms with E-state index >= 15 is 0 Å². The van der Waals surface area contributed by atoms with Crippen molar-refractivity contribution in [2.45, 2.75) is 25.4 Å². The van der Waals surface area contributed by atoms with Crippen LogP contribution in [0.25, 0.3) is 0 Å². The van der Waals surface area contributed by atoms with Gasteiger partial charge in [0, 0.05) is 14.2 Å². The van der Waals surface area contributed by atoms with E-state index in [1.54, 1.807) is 14.2 Å². The van der Waals surface area contributed by atoms with Crippen molar-refractivity contribution in [1.82, 2.24) is 0 Å². The van der Waals surface area contributed by atoms with Gasteiger partial charge >= 0.3 is 9.28 Å². The Balaban J connectivity index is 3.97. The molecule has 2 N–H and O–H groups in total. The zero-order valence-electron chi connectivity index (χ0n) is 7.10. The summed E-state index contributed by atoms with van der Waals surface area (Å²) in [6.45, 7) is 3.98. The second-order valence-corrected chi connectivity index (χ2v) is 5.00. The normalized spacial score (nSPS) is 17.4. The average Bonchev–Trinajstić information content (AvgIpc) is 1.90. The fourth-order valence-electron chi connectivity index (χ4n) is 0.694. The predicted molar refractivity (Wildman–Crippen MR) is 42.7 cm³/mol. The van der Waals surface area contributed by atoms with Crippen molar-refractivity contribution >= 4 is 9.28 Å². The highest BCUT2D eigenvalue weighted by Gasteiger charge is 2.33. The van der Waals surface area contributed by atoms with Crippen LogP contribution in [0.2, 0.25) is 0 Å². The summed E-state index contributed by atoms with van der Waals surface area (Å²) in [5, 5.41) is -0.284. The smallest absolute Gasteiger partial charge is 0.396 e. The molecule has 0 saturated heterocycles. The fraction of sp³-hybridized carbons (Fsp3) is 1.00. The molecule has 0 aromatic carbocycles. The van der Waals surface area contributed by atoms with Crippen molar-refractivity contribution in [3.05, 3.63) is 0 Å². The van der Waals surface area contributed by atoms with Crippen LogP contribution in [0.15, 0.2) is 0 Å². The molecule has 0 heterocycles. The van der Waals surface area contributed by atoms with Gasteiger partial charge in [0.25, 0.3) is 0 Å². The molecule has 0 rings (SSSR count). The summed E-state index contributed by atoms with van der Waals surface area (Å²) >= 11 is 0. The Labute approximate surface area is 64.4 Å². The van der Waals surface area contributed by atoms with Crippen molar-refractivity contribution in [3.8, 4) is 0 Å². The first-order valence-corrected chi connectivity index (χ1v) is 4.64. The average molecular weight is 162 g/mol. The SMILES string of the molecule is CCC(C)(N)[Si](OC)OC. The van der Waals surface area contributed by atoms with Gasteiger partial charge in [0.2, 0.25) is 0 Å². The molecule has 0 amide bonds. The number of nitrogens with two attached hydrogens (primary N) is 1. The Morgan fingerprint density at radius 1 is 1.40 bits per heavy atom. The van der Waals surface area contributed by atoms with E-state index in [4.69, 9.17) is 14.6 Å². The van der Waals surface area contributed by atoms with Crippen molar-refractivity contribution in [2.24, 2.45) is 5.73 Å². The van der Waals surface area contributed by atoms with E-state index in [9.17, 15) is 0 Å². The Bertz CT molecular complexity index is 93.7. The molecule has 3 nitrogen and oxygen atoms in total. The van der Waals surface area contributed by atoms with Gasteiger partial charge in [-0.25, -0.2) is 0 Å². The van der Waals surface area contributed by atoms with E-state index in [0.29, 0.717) is 0 Å². The summed E-state index contributed by atoms with van der Waals surface area (Å²) in [6, 6.07) is 0. The van der Waals surface area contributed by atoms with Gasteiger partial charge in [0.05, 0.1) is 5.16 Å². The Morgan fingerprint density at radius 3 is 1.90 bits per heavy atom. The topological polar surface area (TPSA) is 44.5 Å². The first-order valence-electron chi connectivity index (χ1n) is 3.32. The van der Waals surface area contributed by atoms with Crippen LogP contribution in [-0.2, 0) is 8.85 Å². The van der Waals surface area contributed by atoms with Crippen LogP contribution in [-0.4, -0.2) is 28.7 Å². The summed E-state index contributed by atoms with van der Waals surface area (Å²) < 4.78 is 10.2. The first-order chi connectivity index (χ1) is 4.58. The molecule has 4 heteroatoms. The second-order valence-electron chi connectivity index (χ2n) is 2.47. The van der Waals surface area contributed by atoms with Crippen molar-refractivity contribution in [3.63, 3.8) is 0 Å². The summed E-state index contributed by atoms with van der Waals surface area (Å²) in [4.78, 5) is 0. The van der Waals surface area contributed by atoms with Crippen LogP contribution in [0.4, 0.5) is 0 Å². The second kappa shape index (κ2) is 4.08. The number of hydrogen-bond donors (Lipinski definition) is 1. The van der Waals surface area contributed by atoms with Crippen molar-refractivity contribution < 1.29 is 8.85 Å². The third-order valence-electron chi connectivity index (χ3n) is 1.57. The third-order valence-corrected chi connectivity index (χ3v) is 3.60. The molecule has 10 heavy (non-hydrogen) atoms. The zero-order valence-corrected chi connectivity index (χ0v) is 8.10. The highest BCUT2D eigenvalue weighted by molar-refractivity contribution is 6.48. The molecule has 0 aromatic rings. The van der Waals surface area contributed by atoms with Gasteiger partial charge in [-0.05, 0) is 13.3 Å².